The van der Waals surface area contributed by atoms with Crippen LogP contribution in [0.4, 0.5) is 8.78 Å². The van der Waals surface area contributed by atoms with Gasteiger partial charge in [-0.25, -0.2) is 8.78 Å². The van der Waals surface area contributed by atoms with E-state index < -0.39 is 11.6 Å². The van der Waals surface area contributed by atoms with Gasteiger partial charge in [-0.15, -0.1) is 0 Å². The minimum Gasteiger partial charge on any atom is -0.330 e. The predicted octanol–water partition coefficient (Wildman–Crippen LogP) is 4.58. The predicted molar refractivity (Wildman–Crippen MR) is 77.8 cm³/mol. The van der Waals surface area contributed by atoms with Crippen LogP contribution in [0, 0.1) is 30.3 Å². The average Bonchev–Trinajstić information content (AvgIpc) is 2.71. The number of nitrogens with zero attached hydrogens (tertiary/aromatic N) is 1. The minimum atomic E-state index is -0.496. The molecule has 0 amide bonds. The molecule has 20 heavy (non-hydrogen) atoms. The Labute approximate surface area is 119 Å². The van der Waals surface area contributed by atoms with Crippen molar-refractivity contribution in [1.29, 1.82) is 0 Å². The molecule has 0 fully saturated rings. The Morgan fingerprint density at radius 1 is 1.05 bits per heavy atom. The summed E-state index contributed by atoms with van der Waals surface area (Å²) in [5, 5.41) is 0. The Morgan fingerprint density at radius 3 is 2.55 bits per heavy atom. The number of aryl methyl sites for hydroxylation is 2. The lowest BCUT2D eigenvalue weighted by molar-refractivity contribution is 0.586. The first-order valence-corrected chi connectivity index (χ1v) is 6.56. The van der Waals surface area contributed by atoms with Crippen molar-refractivity contribution in [2.24, 2.45) is 0 Å². The Hall–Kier alpha value is -2.01. The molecule has 1 heterocycles. The summed E-state index contributed by atoms with van der Waals surface area (Å²) >= 11 is 5.25. The molecular weight excluding hydrogens is 278 g/mol. The van der Waals surface area contributed by atoms with Gasteiger partial charge in [-0.3, -0.25) is 4.57 Å². The number of fused-ring (bicyclic) bond motifs is 1. The lowest BCUT2D eigenvalue weighted by Crippen LogP contribution is -2.01. The van der Waals surface area contributed by atoms with E-state index in [2.05, 4.69) is 4.98 Å². The summed E-state index contributed by atoms with van der Waals surface area (Å²) in [7, 11) is 0. The smallest absolute Gasteiger partial charge is 0.182 e. The number of benzene rings is 2. The molecule has 102 valence electrons. The molecule has 5 heteroatoms. The van der Waals surface area contributed by atoms with Crippen LogP contribution in [0.25, 0.3) is 16.7 Å². The van der Waals surface area contributed by atoms with E-state index in [0.717, 1.165) is 16.6 Å². The van der Waals surface area contributed by atoms with Gasteiger partial charge >= 0.3 is 0 Å². The number of para-hydroxylation sites is 1. The third-order valence-electron chi connectivity index (χ3n) is 3.38. The molecule has 2 aromatic carbocycles. The number of hydrogen-bond acceptors (Lipinski definition) is 1. The second-order valence-electron chi connectivity index (χ2n) is 4.79. The first-order valence-electron chi connectivity index (χ1n) is 6.15. The van der Waals surface area contributed by atoms with Gasteiger partial charge < -0.3 is 4.98 Å². The van der Waals surface area contributed by atoms with Crippen molar-refractivity contribution in [2.45, 2.75) is 13.8 Å². The largest absolute Gasteiger partial charge is 0.330 e. The molecule has 1 N–H and O–H groups in total. The summed E-state index contributed by atoms with van der Waals surface area (Å²) in [6.45, 7) is 3.44. The number of H-pyrrole nitrogens is 1. The van der Waals surface area contributed by atoms with E-state index in [-0.39, 0.29) is 11.3 Å². The Bertz CT molecular complexity index is 877. The summed E-state index contributed by atoms with van der Waals surface area (Å²) in [5.41, 5.74) is 2.90. The topological polar surface area (TPSA) is 20.7 Å². The van der Waals surface area contributed by atoms with Crippen LogP contribution < -0.4 is 0 Å². The highest BCUT2D eigenvalue weighted by molar-refractivity contribution is 7.71. The molecule has 1 aromatic heterocycles. The third kappa shape index (κ3) is 1.86. The number of imidazole rings is 1. The summed E-state index contributed by atoms with van der Waals surface area (Å²) in [6, 6.07) is 8.02. The molecule has 0 unspecified atom stereocenters. The van der Waals surface area contributed by atoms with Crippen molar-refractivity contribution >= 4 is 23.3 Å². The SMILES string of the molecule is Cc1cc(F)c(-n2c(=S)[nH]c3cccc(C)c32)cc1F. The lowest BCUT2D eigenvalue weighted by Gasteiger charge is -2.09. The summed E-state index contributed by atoms with van der Waals surface area (Å²) in [6.07, 6.45) is 0. The number of nitrogens with one attached hydrogen (secondary N) is 1. The van der Waals surface area contributed by atoms with Gasteiger partial charge in [0, 0.05) is 6.07 Å². The quantitative estimate of drug-likeness (QED) is 0.650. The molecule has 0 aliphatic rings. The first-order chi connectivity index (χ1) is 9.49. The van der Waals surface area contributed by atoms with E-state index in [1.54, 1.807) is 0 Å². The fraction of sp³-hybridized carbons (Fsp3) is 0.133. The van der Waals surface area contributed by atoms with Gasteiger partial charge in [0.05, 0.1) is 16.7 Å². The van der Waals surface area contributed by atoms with Crippen molar-refractivity contribution in [3.63, 3.8) is 0 Å². The standard InChI is InChI=1S/C15H12F2N2S/c1-8-4-3-5-12-14(8)19(15(20)18-12)13-7-10(16)9(2)6-11(13)17/h3-7H,1-2H3,(H,18,20). The van der Waals surface area contributed by atoms with Gasteiger partial charge in [0.1, 0.15) is 11.6 Å². The molecule has 0 spiro atoms. The molecule has 0 saturated carbocycles. The Morgan fingerprint density at radius 2 is 1.80 bits per heavy atom. The van der Waals surface area contributed by atoms with Gasteiger partial charge in [0.15, 0.2) is 4.77 Å². The van der Waals surface area contributed by atoms with Crippen molar-refractivity contribution in [3.05, 3.63) is 57.9 Å². The highest BCUT2D eigenvalue weighted by Crippen LogP contribution is 2.25. The van der Waals surface area contributed by atoms with Crippen LogP contribution in [0.15, 0.2) is 30.3 Å². The van der Waals surface area contributed by atoms with Crippen LogP contribution in [-0.4, -0.2) is 9.55 Å². The fourth-order valence-corrected chi connectivity index (χ4v) is 2.67. The molecule has 0 atom stereocenters. The van der Waals surface area contributed by atoms with Crippen molar-refractivity contribution in [3.8, 4) is 5.69 Å². The summed E-state index contributed by atoms with van der Waals surface area (Å²) in [5.74, 6) is -0.949. The van der Waals surface area contributed by atoms with Crippen molar-refractivity contribution in [2.75, 3.05) is 0 Å². The van der Waals surface area contributed by atoms with Crippen molar-refractivity contribution in [1.82, 2.24) is 9.55 Å². The zero-order chi connectivity index (χ0) is 14.4. The normalized spacial score (nSPS) is 11.2. The molecule has 0 saturated heterocycles. The van der Waals surface area contributed by atoms with Gasteiger partial charge in [0.25, 0.3) is 0 Å². The molecule has 3 aromatic rings. The van der Waals surface area contributed by atoms with E-state index in [4.69, 9.17) is 12.2 Å². The Kier molecular flexibility index (Phi) is 2.94. The highest BCUT2D eigenvalue weighted by atomic mass is 32.1. The maximum absolute atomic E-state index is 14.2. The maximum atomic E-state index is 14.2. The second-order valence-corrected chi connectivity index (χ2v) is 5.18. The van der Waals surface area contributed by atoms with Gasteiger partial charge in [-0.2, -0.15) is 0 Å². The van der Waals surface area contributed by atoms with E-state index in [1.165, 1.54) is 23.6 Å². The Balaban J connectivity index is 2.44. The zero-order valence-corrected chi connectivity index (χ0v) is 11.8. The van der Waals surface area contributed by atoms with Gasteiger partial charge in [0.2, 0.25) is 0 Å². The van der Waals surface area contributed by atoms with Crippen LogP contribution in [0.2, 0.25) is 0 Å². The van der Waals surface area contributed by atoms with Crippen LogP contribution in [0.1, 0.15) is 11.1 Å². The molecule has 0 bridgehead atoms. The molecule has 0 aliphatic heterocycles. The van der Waals surface area contributed by atoms with Crippen LogP contribution in [0.3, 0.4) is 0 Å². The fourth-order valence-electron chi connectivity index (χ4n) is 2.37. The van der Waals surface area contributed by atoms with E-state index in [0.29, 0.717) is 4.77 Å². The maximum Gasteiger partial charge on any atom is 0.182 e. The van der Waals surface area contributed by atoms with Crippen LogP contribution in [-0.2, 0) is 0 Å². The number of aromatic nitrogens is 2. The molecule has 0 radical (unpaired) electrons. The number of halogens is 2. The molecule has 0 aliphatic carbocycles. The number of hydrogen-bond donors (Lipinski definition) is 1. The first kappa shape index (κ1) is 13.0. The van der Waals surface area contributed by atoms with Crippen molar-refractivity contribution < 1.29 is 8.78 Å². The minimum absolute atomic E-state index is 0.124. The van der Waals surface area contributed by atoms with E-state index >= 15 is 0 Å². The molecule has 3 rings (SSSR count). The summed E-state index contributed by atoms with van der Waals surface area (Å²) < 4.78 is 29.8. The lowest BCUT2D eigenvalue weighted by atomic mass is 10.1. The number of aromatic amines is 1. The highest BCUT2D eigenvalue weighted by Gasteiger charge is 2.14. The zero-order valence-electron chi connectivity index (χ0n) is 11.0. The van der Waals surface area contributed by atoms with Gasteiger partial charge in [-0.05, 0) is 49.3 Å². The molecular formula is C15H12F2N2S. The monoisotopic (exact) mass is 290 g/mol. The molecule has 2 nitrogen and oxygen atoms in total. The second kappa shape index (κ2) is 4.52. The van der Waals surface area contributed by atoms with E-state index in [1.807, 2.05) is 25.1 Å². The number of rotatable bonds is 1. The van der Waals surface area contributed by atoms with Crippen LogP contribution in [0.5, 0.6) is 0 Å². The van der Waals surface area contributed by atoms with E-state index in [9.17, 15) is 8.78 Å². The van der Waals surface area contributed by atoms with Gasteiger partial charge in [-0.1, -0.05) is 12.1 Å². The third-order valence-corrected chi connectivity index (χ3v) is 3.66. The van der Waals surface area contributed by atoms with Crippen LogP contribution >= 0.6 is 12.2 Å². The average molecular weight is 290 g/mol. The summed E-state index contributed by atoms with van der Waals surface area (Å²) in [4.78, 5) is 3.02.